The molecule has 3 nitrogen and oxygen atoms in total. The smallest absolute Gasteiger partial charge is 0.221 e. The van der Waals surface area contributed by atoms with Crippen LogP contribution in [0, 0.1) is 12.3 Å². The fraction of sp³-hybridized carbons (Fsp3) is 0.700. The SMILES string of the molecule is C#CCC(C)NC(=O)CC(N)CC. The minimum Gasteiger partial charge on any atom is -0.353 e. The summed E-state index contributed by atoms with van der Waals surface area (Å²) in [7, 11) is 0. The Morgan fingerprint density at radius 2 is 2.31 bits per heavy atom. The van der Waals surface area contributed by atoms with Gasteiger partial charge in [-0.15, -0.1) is 12.3 Å². The predicted octanol–water partition coefficient (Wildman–Crippen LogP) is 0.642. The van der Waals surface area contributed by atoms with Gasteiger partial charge >= 0.3 is 0 Å². The zero-order valence-electron chi connectivity index (χ0n) is 8.34. The molecule has 0 aromatic heterocycles. The summed E-state index contributed by atoms with van der Waals surface area (Å²) in [6.45, 7) is 3.85. The van der Waals surface area contributed by atoms with Crippen LogP contribution >= 0.6 is 0 Å². The molecule has 3 heteroatoms. The average molecular weight is 182 g/mol. The highest BCUT2D eigenvalue weighted by atomic mass is 16.1. The van der Waals surface area contributed by atoms with Crippen LogP contribution in [0.4, 0.5) is 0 Å². The van der Waals surface area contributed by atoms with Crippen LogP contribution in [0.25, 0.3) is 0 Å². The number of nitrogens with one attached hydrogen (secondary N) is 1. The molecule has 0 aliphatic heterocycles. The van der Waals surface area contributed by atoms with Crippen LogP contribution in [0.5, 0.6) is 0 Å². The molecule has 3 N–H and O–H groups in total. The van der Waals surface area contributed by atoms with E-state index < -0.39 is 0 Å². The maximum Gasteiger partial charge on any atom is 0.221 e. The molecule has 0 saturated carbocycles. The van der Waals surface area contributed by atoms with Gasteiger partial charge in [0.25, 0.3) is 0 Å². The van der Waals surface area contributed by atoms with E-state index in [4.69, 9.17) is 12.2 Å². The second kappa shape index (κ2) is 6.50. The molecule has 0 fully saturated rings. The van der Waals surface area contributed by atoms with Gasteiger partial charge in [0.2, 0.25) is 5.91 Å². The van der Waals surface area contributed by atoms with Crippen LogP contribution < -0.4 is 11.1 Å². The van der Waals surface area contributed by atoms with Crippen molar-refractivity contribution in [3.8, 4) is 12.3 Å². The van der Waals surface area contributed by atoms with Crippen molar-refractivity contribution >= 4 is 5.91 Å². The van der Waals surface area contributed by atoms with E-state index in [2.05, 4.69) is 11.2 Å². The molecule has 0 heterocycles. The van der Waals surface area contributed by atoms with Crippen molar-refractivity contribution < 1.29 is 4.79 Å². The maximum atomic E-state index is 11.2. The highest BCUT2D eigenvalue weighted by molar-refractivity contribution is 5.76. The van der Waals surface area contributed by atoms with E-state index in [9.17, 15) is 4.79 Å². The van der Waals surface area contributed by atoms with Gasteiger partial charge in [-0.25, -0.2) is 0 Å². The molecule has 0 aromatic carbocycles. The van der Waals surface area contributed by atoms with E-state index in [1.165, 1.54) is 0 Å². The first kappa shape index (κ1) is 12.0. The molecule has 0 aliphatic carbocycles. The van der Waals surface area contributed by atoms with Gasteiger partial charge in [-0.3, -0.25) is 4.79 Å². The van der Waals surface area contributed by atoms with E-state index in [-0.39, 0.29) is 18.0 Å². The minimum absolute atomic E-state index is 0.0166. The summed E-state index contributed by atoms with van der Waals surface area (Å²) in [6, 6.07) is -0.000378. The number of hydrogen-bond donors (Lipinski definition) is 2. The lowest BCUT2D eigenvalue weighted by Crippen LogP contribution is -2.36. The first-order chi connectivity index (χ1) is 6.10. The lowest BCUT2D eigenvalue weighted by Gasteiger charge is -2.13. The van der Waals surface area contributed by atoms with Gasteiger partial charge in [0, 0.05) is 24.9 Å². The molecule has 13 heavy (non-hydrogen) atoms. The van der Waals surface area contributed by atoms with Gasteiger partial charge in [0.05, 0.1) is 0 Å². The molecule has 0 saturated heterocycles. The van der Waals surface area contributed by atoms with Gasteiger partial charge < -0.3 is 11.1 Å². The van der Waals surface area contributed by atoms with E-state index in [1.807, 2.05) is 13.8 Å². The Kier molecular flexibility index (Phi) is 5.99. The van der Waals surface area contributed by atoms with Gasteiger partial charge in [0.1, 0.15) is 0 Å². The number of carbonyl (C=O) groups excluding carboxylic acids is 1. The first-order valence-electron chi connectivity index (χ1n) is 4.58. The minimum atomic E-state index is -0.0435. The Labute approximate surface area is 80.1 Å². The van der Waals surface area contributed by atoms with E-state index in [1.54, 1.807) is 0 Å². The highest BCUT2D eigenvalue weighted by Crippen LogP contribution is 1.95. The monoisotopic (exact) mass is 182 g/mol. The van der Waals surface area contributed by atoms with Crippen molar-refractivity contribution in [2.24, 2.45) is 5.73 Å². The maximum absolute atomic E-state index is 11.2. The highest BCUT2D eigenvalue weighted by Gasteiger charge is 2.09. The average Bonchev–Trinajstić information content (AvgIpc) is 2.04. The molecule has 0 aromatic rings. The Morgan fingerprint density at radius 3 is 2.77 bits per heavy atom. The van der Waals surface area contributed by atoms with Crippen molar-refractivity contribution in [3.05, 3.63) is 0 Å². The molecule has 0 radical (unpaired) electrons. The summed E-state index contributed by atoms with van der Waals surface area (Å²) < 4.78 is 0. The number of amides is 1. The van der Waals surface area contributed by atoms with Gasteiger partial charge in [-0.2, -0.15) is 0 Å². The normalized spacial score (nSPS) is 14.3. The largest absolute Gasteiger partial charge is 0.353 e. The molecule has 0 aliphatic rings. The van der Waals surface area contributed by atoms with E-state index >= 15 is 0 Å². The van der Waals surface area contributed by atoms with Crippen LogP contribution in [0.1, 0.15) is 33.1 Å². The number of hydrogen-bond acceptors (Lipinski definition) is 2. The topological polar surface area (TPSA) is 55.1 Å². The van der Waals surface area contributed by atoms with Crippen LogP contribution in [0.15, 0.2) is 0 Å². The number of nitrogens with two attached hydrogens (primary N) is 1. The fourth-order valence-corrected chi connectivity index (χ4v) is 0.944. The number of carbonyl (C=O) groups is 1. The number of rotatable bonds is 5. The molecular weight excluding hydrogens is 164 g/mol. The van der Waals surface area contributed by atoms with Crippen molar-refractivity contribution in [2.45, 2.75) is 45.2 Å². The third-order valence-corrected chi connectivity index (χ3v) is 1.80. The molecule has 74 valence electrons. The van der Waals surface area contributed by atoms with Crippen LogP contribution in [0.3, 0.4) is 0 Å². The second-order valence-electron chi connectivity index (χ2n) is 3.25. The molecule has 0 spiro atoms. The van der Waals surface area contributed by atoms with Crippen LogP contribution in [-0.4, -0.2) is 18.0 Å². The quantitative estimate of drug-likeness (QED) is 0.613. The Hall–Kier alpha value is -1.01. The first-order valence-corrected chi connectivity index (χ1v) is 4.58. The Bertz CT molecular complexity index is 196. The van der Waals surface area contributed by atoms with Crippen molar-refractivity contribution in [3.63, 3.8) is 0 Å². The van der Waals surface area contributed by atoms with Crippen molar-refractivity contribution in [1.82, 2.24) is 5.32 Å². The molecule has 1 amide bonds. The summed E-state index contributed by atoms with van der Waals surface area (Å²) in [5.74, 6) is 2.48. The molecule has 0 bridgehead atoms. The van der Waals surface area contributed by atoms with Gasteiger partial charge in [-0.1, -0.05) is 6.92 Å². The third-order valence-electron chi connectivity index (χ3n) is 1.80. The summed E-state index contributed by atoms with van der Waals surface area (Å²) in [5.41, 5.74) is 5.62. The lowest BCUT2D eigenvalue weighted by molar-refractivity contribution is -0.122. The number of terminal acetylenes is 1. The molecule has 2 atom stereocenters. The van der Waals surface area contributed by atoms with E-state index in [0.717, 1.165) is 6.42 Å². The van der Waals surface area contributed by atoms with Crippen LogP contribution in [-0.2, 0) is 4.79 Å². The molecular formula is C10H18N2O. The summed E-state index contributed by atoms with van der Waals surface area (Å²) in [6.07, 6.45) is 6.87. The van der Waals surface area contributed by atoms with Crippen LogP contribution in [0.2, 0.25) is 0 Å². The molecule has 0 rings (SSSR count). The second-order valence-corrected chi connectivity index (χ2v) is 3.25. The van der Waals surface area contributed by atoms with Crippen molar-refractivity contribution in [1.29, 1.82) is 0 Å². The summed E-state index contributed by atoms with van der Waals surface area (Å²) in [5, 5.41) is 2.78. The van der Waals surface area contributed by atoms with Gasteiger partial charge in [-0.05, 0) is 13.3 Å². The standard InChI is InChI=1S/C10H18N2O/c1-4-6-8(3)12-10(13)7-9(11)5-2/h1,8-9H,5-7,11H2,2-3H3,(H,12,13). The predicted molar refractivity (Wildman–Crippen MR) is 53.9 cm³/mol. The molecule has 2 unspecified atom stereocenters. The lowest BCUT2D eigenvalue weighted by atomic mass is 10.1. The zero-order chi connectivity index (χ0) is 10.3. The Morgan fingerprint density at radius 1 is 1.69 bits per heavy atom. The summed E-state index contributed by atoms with van der Waals surface area (Å²) >= 11 is 0. The Balaban J connectivity index is 3.68. The zero-order valence-corrected chi connectivity index (χ0v) is 8.34. The van der Waals surface area contributed by atoms with Gasteiger partial charge in [0.15, 0.2) is 0 Å². The summed E-state index contributed by atoms with van der Waals surface area (Å²) in [4.78, 5) is 11.2. The van der Waals surface area contributed by atoms with Crippen molar-refractivity contribution in [2.75, 3.05) is 0 Å². The van der Waals surface area contributed by atoms with E-state index in [0.29, 0.717) is 12.8 Å². The fourth-order valence-electron chi connectivity index (χ4n) is 0.944. The third kappa shape index (κ3) is 6.18.